The molecule has 2 atom stereocenters. The van der Waals surface area contributed by atoms with Crippen molar-refractivity contribution in [1.29, 1.82) is 5.41 Å². The largest absolute Gasteiger partial charge is 0.375 e. The fourth-order valence-corrected chi connectivity index (χ4v) is 1.81. The molecule has 0 radical (unpaired) electrons. The van der Waals surface area contributed by atoms with Crippen molar-refractivity contribution in [3.8, 4) is 0 Å². The molecule has 3 heteroatoms. The third kappa shape index (κ3) is 2.47. The van der Waals surface area contributed by atoms with Crippen LogP contribution in [0.5, 0.6) is 0 Å². The van der Waals surface area contributed by atoms with E-state index in [0.717, 1.165) is 25.4 Å². The number of nitrogens with one attached hydrogen (secondary N) is 1. The Morgan fingerprint density at radius 1 is 1.57 bits per heavy atom. The summed E-state index contributed by atoms with van der Waals surface area (Å²) in [4.78, 5) is 2.21. The summed E-state index contributed by atoms with van der Waals surface area (Å²) in [5, 5.41) is 8.03. The molecule has 2 unspecified atom stereocenters. The molecular formula is C11H22N2O. The standard InChI is InChI=1S/C11H22N2O/c1-5-10-7-14-9(4)6-13(10)11(12)8(2)3/h8-10,12H,5-7H2,1-4H3. The van der Waals surface area contributed by atoms with Crippen LogP contribution in [0.15, 0.2) is 0 Å². The van der Waals surface area contributed by atoms with E-state index in [0.29, 0.717) is 12.0 Å². The number of rotatable bonds is 2. The van der Waals surface area contributed by atoms with Gasteiger partial charge in [-0.15, -0.1) is 0 Å². The van der Waals surface area contributed by atoms with Crippen molar-refractivity contribution in [3.05, 3.63) is 0 Å². The molecule has 1 fully saturated rings. The molecule has 0 spiro atoms. The minimum absolute atomic E-state index is 0.261. The molecule has 0 aromatic rings. The lowest BCUT2D eigenvalue weighted by molar-refractivity contribution is -0.0301. The fraction of sp³-hybridized carbons (Fsp3) is 0.909. The van der Waals surface area contributed by atoms with Gasteiger partial charge in [0, 0.05) is 12.5 Å². The quantitative estimate of drug-likeness (QED) is 0.545. The van der Waals surface area contributed by atoms with Crippen molar-refractivity contribution in [2.45, 2.75) is 46.3 Å². The molecule has 0 aromatic carbocycles. The van der Waals surface area contributed by atoms with E-state index in [1.54, 1.807) is 0 Å². The van der Waals surface area contributed by atoms with E-state index in [4.69, 9.17) is 10.1 Å². The van der Waals surface area contributed by atoms with Crippen LogP contribution in [-0.2, 0) is 4.74 Å². The predicted octanol–water partition coefficient (Wildman–Crippen LogP) is 2.12. The van der Waals surface area contributed by atoms with E-state index in [-0.39, 0.29) is 6.10 Å². The van der Waals surface area contributed by atoms with Crippen LogP contribution in [0.4, 0.5) is 0 Å². The van der Waals surface area contributed by atoms with Crippen LogP contribution in [-0.4, -0.2) is 36.0 Å². The van der Waals surface area contributed by atoms with Gasteiger partial charge in [0.25, 0.3) is 0 Å². The molecule has 1 rings (SSSR count). The highest BCUT2D eigenvalue weighted by Crippen LogP contribution is 2.17. The molecule has 0 saturated carbocycles. The normalized spacial score (nSPS) is 28.2. The first-order valence-corrected chi connectivity index (χ1v) is 5.52. The number of ether oxygens (including phenoxy) is 1. The van der Waals surface area contributed by atoms with Gasteiger partial charge < -0.3 is 9.64 Å². The monoisotopic (exact) mass is 198 g/mol. The molecule has 1 N–H and O–H groups in total. The Morgan fingerprint density at radius 2 is 2.21 bits per heavy atom. The van der Waals surface area contributed by atoms with Crippen LogP contribution in [0.25, 0.3) is 0 Å². The van der Waals surface area contributed by atoms with Gasteiger partial charge in [0.05, 0.1) is 24.6 Å². The molecular weight excluding hydrogens is 176 g/mol. The van der Waals surface area contributed by atoms with E-state index in [1.165, 1.54) is 0 Å². The maximum absolute atomic E-state index is 8.03. The second-order valence-electron chi connectivity index (χ2n) is 4.40. The van der Waals surface area contributed by atoms with Crippen molar-refractivity contribution in [2.24, 2.45) is 5.92 Å². The Hall–Kier alpha value is -0.570. The maximum atomic E-state index is 8.03. The number of morpholine rings is 1. The molecule has 0 aliphatic carbocycles. The van der Waals surface area contributed by atoms with Crippen LogP contribution in [0, 0.1) is 11.3 Å². The Labute approximate surface area is 86.9 Å². The maximum Gasteiger partial charge on any atom is 0.0988 e. The zero-order valence-corrected chi connectivity index (χ0v) is 9.71. The van der Waals surface area contributed by atoms with Crippen molar-refractivity contribution in [2.75, 3.05) is 13.2 Å². The number of nitrogens with zero attached hydrogens (tertiary/aromatic N) is 1. The van der Waals surface area contributed by atoms with Gasteiger partial charge >= 0.3 is 0 Å². The van der Waals surface area contributed by atoms with E-state index < -0.39 is 0 Å². The summed E-state index contributed by atoms with van der Waals surface area (Å²) in [6.07, 6.45) is 1.32. The zero-order chi connectivity index (χ0) is 10.7. The third-order valence-electron chi connectivity index (χ3n) is 2.80. The summed E-state index contributed by atoms with van der Waals surface area (Å²) in [6, 6.07) is 0.404. The first kappa shape index (κ1) is 11.5. The van der Waals surface area contributed by atoms with E-state index in [9.17, 15) is 0 Å². The topological polar surface area (TPSA) is 36.3 Å². The second-order valence-corrected chi connectivity index (χ2v) is 4.40. The molecule has 3 nitrogen and oxygen atoms in total. The lowest BCUT2D eigenvalue weighted by Crippen LogP contribution is -2.52. The second kappa shape index (κ2) is 4.78. The van der Waals surface area contributed by atoms with Gasteiger partial charge in [-0.25, -0.2) is 0 Å². The molecule has 0 aromatic heterocycles. The van der Waals surface area contributed by atoms with Gasteiger partial charge in [0.1, 0.15) is 0 Å². The third-order valence-corrected chi connectivity index (χ3v) is 2.80. The lowest BCUT2D eigenvalue weighted by atomic mass is 10.1. The first-order valence-electron chi connectivity index (χ1n) is 5.52. The SMILES string of the molecule is CCC1COC(C)CN1C(=N)C(C)C. The highest BCUT2D eigenvalue weighted by atomic mass is 16.5. The summed E-state index contributed by atoms with van der Waals surface area (Å²) in [5.41, 5.74) is 0. The van der Waals surface area contributed by atoms with Crippen LogP contribution < -0.4 is 0 Å². The smallest absolute Gasteiger partial charge is 0.0988 e. The molecule has 1 aliphatic heterocycles. The van der Waals surface area contributed by atoms with Crippen molar-refractivity contribution in [1.82, 2.24) is 4.90 Å². The molecule has 1 aliphatic rings. The summed E-state index contributed by atoms with van der Waals surface area (Å²) >= 11 is 0. The highest BCUT2D eigenvalue weighted by molar-refractivity contribution is 5.81. The predicted molar refractivity (Wildman–Crippen MR) is 58.8 cm³/mol. The summed E-state index contributed by atoms with van der Waals surface area (Å²) in [6.45, 7) is 10.0. The summed E-state index contributed by atoms with van der Waals surface area (Å²) in [5.74, 6) is 1.07. The first-order chi connectivity index (χ1) is 6.56. The molecule has 82 valence electrons. The van der Waals surface area contributed by atoms with Gasteiger partial charge in [-0.2, -0.15) is 0 Å². The average Bonchev–Trinajstić information content (AvgIpc) is 2.16. The fourth-order valence-electron chi connectivity index (χ4n) is 1.81. The van der Waals surface area contributed by atoms with Gasteiger partial charge in [-0.05, 0) is 13.3 Å². The average molecular weight is 198 g/mol. The molecule has 0 bridgehead atoms. The Morgan fingerprint density at radius 3 is 2.71 bits per heavy atom. The highest BCUT2D eigenvalue weighted by Gasteiger charge is 2.28. The van der Waals surface area contributed by atoms with Crippen molar-refractivity contribution >= 4 is 5.84 Å². The van der Waals surface area contributed by atoms with Gasteiger partial charge in [-0.3, -0.25) is 5.41 Å². The van der Waals surface area contributed by atoms with Crippen LogP contribution in [0.2, 0.25) is 0 Å². The van der Waals surface area contributed by atoms with E-state index in [2.05, 4.69) is 32.6 Å². The summed E-state index contributed by atoms with van der Waals surface area (Å²) < 4.78 is 5.60. The van der Waals surface area contributed by atoms with E-state index in [1.807, 2.05) is 0 Å². The number of amidine groups is 1. The van der Waals surface area contributed by atoms with Crippen LogP contribution >= 0.6 is 0 Å². The zero-order valence-electron chi connectivity index (χ0n) is 9.71. The minimum atomic E-state index is 0.261. The minimum Gasteiger partial charge on any atom is -0.375 e. The van der Waals surface area contributed by atoms with Gasteiger partial charge in [-0.1, -0.05) is 20.8 Å². The molecule has 0 amide bonds. The van der Waals surface area contributed by atoms with Crippen LogP contribution in [0.3, 0.4) is 0 Å². The Kier molecular flexibility index (Phi) is 3.93. The van der Waals surface area contributed by atoms with Crippen molar-refractivity contribution < 1.29 is 4.74 Å². The van der Waals surface area contributed by atoms with Gasteiger partial charge in [0.15, 0.2) is 0 Å². The van der Waals surface area contributed by atoms with Crippen molar-refractivity contribution in [3.63, 3.8) is 0 Å². The molecule has 14 heavy (non-hydrogen) atoms. The molecule has 1 saturated heterocycles. The van der Waals surface area contributed by atoms with E-state index >= 15 is 0 Å². The summed E-state index contributed by atoms with van der Waals surface area (Å²) in [7, 11) is 0. The number of hydrogen-bond acceptors (Lipinski definition) is 2. The Balaban J connectivity index is 2.65. The van der Waals surface area contributed by atoms with Crippen LogP contribution in [0.1, 0.15) is 34.1 Å². The van der Waals surface area contributed by atoms with Gasteiger partial charge in [0.2, 0.25) is 0 Å². The number of hydrogen-bond donors (Lipinski definition) is 1. The lowest BCUT2D eigenvalue weighted by Gasteiger charge is -2.41. The Bertz CT molecular complexity index is 203. The molecule has 1 heterocycles.